The minimum atomic E-state index is 0. The molecular weight excluding hydrogens is 397 g/mol. The van der Waals surface area contributed by atoms with Crippen molar-refractivity contribution in [2.24, 2.45) is 22.1 Å². The van der Waals surface area contributed by atoms with E-state index in [1.807, 2.05) is 11.8 Å². The Balaban J connectivity index is 0.00000132. The molecule has 4 rings (SSSR count). The van der Waals surface area contributed by atoms with Crippen LogP contribution in [0.4, 0.5) is 0 Å². The maximum absolute atomic E-state index is 6.32. The first-order chi connectivity index (χ1) is 9.81. The summed E-state index contributed by atoms with van der Waals surface area (Å²) in [5, 5.41) is 0. The quantitative estimate of drug-likeness (QED) is 0.400. The van der Waals surface area contributed by atoms with Crippen LogP contribution in [0.15, 0.2) is 4.99 Å². The van der Waals surface area contributed by atoms with Gasteiger partial charge < -0.3 is 15.4 Å². The molecule has 4 nitrogen and oxygen atoms in total. The molecule has 0 radical (unpaired) electrons. The third kappa shape index (κ3) is 2.59. The van der Waals surface area contributed by atoms with E-state index in [-0.39, 0.29) is 24.0 Å². The first-order valence-electron chi connectivity index (χ1n) is 8.09. The Labute approximate surface area is 148 Å². The Kier molecular flexibility index (Phi) is 4.96. The Morgan fingerprint density at radius 1 is 1.24 bits per heavy atom. The maximum atomic E-state index is 6.32. The minimum Gasteiger partial charge on any atom is -0.377 e. The van der Waals surface area contributed by atoms with Crippen molar-refractivity contribution in [2.45, 2.75) is 44.2 Å². The molecule has 0 bridgehead atoms. The highest BCUT2D eigenvalue weighted by Crippen LogP contribution is 2.62. The molecule has 4 aliphatic rings. The number of ether oxygens (including phenoxy) is 1. The number of nitrogens with two attached hydrogens (primary N) is 1. The molecule has 21 heavy (non-hydrogen) atoms. The number of guanidine groups is 1. The third-order valence-corrected chi connectivity index (χ3v) is 6.78. The van der Waals surface area contributed by atoms with Gasteiger partial charge in [0.05, 0.1) is 12.1 Å². The average Bonchev–Trinajstić information content (AvgIpc) is 3.13. The van der Waals surface area contributed by atoms with E-state index in [1.165, 1.54) is 43.6 Å². The van der Waals surface area contributed by atoms with E-state index in [2.05, 4.69) is 4.90 Å². The Hall–Kier alpha value is 0.310. The molecule has 0 aromatic carbocycles. The standard InChI is InChI=1S/C15H25N3OS.HI/c16-14(18-6-9-20-10-7-18)17-12-11-3-8-19-13(11)15(12)4-1-2-5-15;/h11-13H,1-10H2,(H2,16,17);1H. The largest absolute Gasteiger partial charge is 0.377 e. The average molecular weight is 423 g/mol. The van der Waals surface area contributed by atoms with Gasteiger partial charge in [0.15, 0.2) is 5.96 Å². The van der Waals surface area contributed by atoms with Crippen LogP contribution < -0.4 is 5.73 Å². The normalized spacial score (nSPS) is 38.0. The van der Waals surface area contributed by atoms with Gasteiger partial charge in [0, 0.05) is 42.5 Å². The molecule has 2 aliphatic carbocycles. The van der Waals surface area contributed by atoms with Crippen LogP contribution in [-0.2, 0) is 4.74 Å². The molecule has 0 aromatic heterocycles. The SMILES string of the molecule is I.NC(=NC1C2CCOC2C12CCCC2)N1CCSCC1. The van der Waals surface area contributed by atoms with Crippen LogP contribution in [0.1, 0.15) is 32.1 Å². The van der Waals surface area contributed by atoms with Gasteiger partial charge in [-0.15, -0.1) is 24.0 Å². The molecular formula is C15H26IN3OS. The second-order valence-electron chi connectivity index (χ2n) is 6.72. The van der Waals surface area contributed by atoms with Crippen molar-refractivity contribution in [1.29, 1.82) is 0 Å². The summed E-state index contributed by atoms with van der Waals surface area (Å²) in [7, 11) is 0. The lowest BCUT2D eigenvalue weighted by Gasteiger charge is -2.55. The van der Waals surface area contributed by atoms with Crippen LogP contribution in [-0.4, -0.2) is 54.2 Å². The minimum absolute atomic E-state index is 0. The number of hydrogen-bond donors (Lipinski definition) is 1. The van der Waals surface area contributed by atoms with E-state index in [9.17, 15) is 0 Å². The van der Waals surface area contributed by atoms with Crippen molar-refractivity contribution in [3.05, 3.63) is 0 Å². The zero-order chi connectivity index (χ0) is 13.6. The molecule has 3 unspecified atom stereocenters. The van der Waals surface area contributed by atoms with Crippen LogP contribution in [0.3, 0.4) is 0 Å². The summed E-state index contributed by atoms with van der Waals surface area (Å²) in [6.45, 7) is 3.05. The summed E-state index contributed by atoms with van der Waals surface area (Å²) >= 11 is 2.02. The van der Waals surface area contributed by atoms with Crippen LogP contribution in [0, 0.1) is 11.3 Å². The number of rotatable bonds is 1. The summed E-state index contributed by atoms with van der Waals surface area (Å²) in [4.78, 5) is 7.30. The summed E-state index contributed by atoms with van der Waals surface area (Å²) < 4.78 is 6.02. The predicted octanol–water partition coefficient (Wildman–Crippen LogP) is 2.32. The third-order valence-electron chi connectivity index (χ3n) is 5.84. The molecule has 2 heterocycles. The van der Waals surface area contributed by atoms with Gasteiger partial charge in [-0.25, -0.2) is 4.99 Å². The fraction of sp³-hybridized carbons (Fsp3) is 0.933. The summed E-state index contributed by atoms with van der Waals surface area (Å²) in [6.07, 6.45) is 6.96. The highest BCUT2D eigenvalue weighted by atomic mass is 127. The van der Waals surface area contributed by atoms with Gasteiger partial charge in [-0.1, -0.05) is 12.8 Å². The van der Waals surface area contributed by atoms with Gasteiger partial charge in [-0.3, -0.25) is 0 Å². The van der Waals surface area contributed by atoms with E-state index >= 15 is 0 Å². The van der Waals surface area contributed by atoms with Gasteiger partial charge in [-0.05, 0) is 19.3 Å². The molecule has 0 amide bonds. The topological polar surface area (TPSA) is 50.9 Å². The van der Waals surface area contributed by atoms with E-state index in [0.29, 0.717) is 23.5 Å². The lowest BCUT2D eigenvalue weighted by Crippen LogP contribution is -2.61. The number of halogens is 1. The van der Waals surface area contributed by atoms with Crippen LogP contribution in [0.2, 0.25) is 0 Å². The van der Waals surface area contributed by atoms with Crippen LogP contribution in [0.25, 0.3) is 0 Å². The summed E-state index contributed by atoms with van der Waals surface area (Å²) in [5.41, 5.74) is 6.66. The van der Waals surface area contributed by atoms with Gasteiger partial charge in [0.2, 0.25) is 0 Å². The number of thioether (sulfide) groups is 1. The second kappa shape index (κ2) is 6.43. The van der Waals surface area contributed by atoms with Crippen LogP contribution >= 0.6 is 35.7 Å². The molecule has 0 aromatic rings. The molecule has 4 fully saturated rings. The highest BCUT2D eigenvalue weighted by Gasteiger charge is 2.65. The monoisotopic (exact) mass is 423 g/mol. The van der Waals surface area contributed by atoms with Crippen molar-refractivity contribution in [2.75, 3.05) is 31.2 Å². The van der Waals surface area contributed by atoms with Gasteiger partial charge >= 0.3 is 0 Å². The fourth-order valence-corrected chi connectivity index (χ4v) is 5.76. The van der Waals surface area contributed by atoms with E-state index in [1.54, 1.807) is 0 Å². The molecule has 6 heteroatoms. The van der Waals surface area contributed by atoms with Crippen molar-refractivity contribution in [3.63, 3.8) is 0 Å². The first-order valence-corrected chi connectivity index (χ1v) is 9.24. The van der Waals surface area contributed by atoms with Gasteiger partial charge in [-0.2, -0.15) is 11.8 Å². The number of hydrogen-bond acceptors (Lipinski definition) is 3. The molecule has 2 saturated heterocycles. The number of fused-ring (bicyclic) bond motifs is 2. The summed E-state index contributed by atoms with van der Waals surface area (Å²) in [5.74, 6) is 3.81. The molecule has 2 saturated carbocycles. The van der Waals surface area contributed by atoms with Gasteiger partial charge in [0.25, 0.3) is 0 Å². The second-order valence-corrected chi connectivity index (χ2v) is 7.94. The Morgan fingerprint density at radius 3 is 2.67 bits per heavy atom. The fourth-order valence-electron chi connectivity index (χ4n) is 4.85. The highest BCUT2D eigenvalue weighted by molar-refractivity contribution is 14.0. The van der Waals surface area contributed by atoms with Crippen molar-refractivity contribution >= 4 is 41.7 Å². The molecule has 2 N–H and O–H groups in total. The Bertz CT molecular complexity index is 408. The lowest BCUT2D eigenvalue weighted by molar-refractivity contribution is -0.117. The van der Waals surface area contributed by atoms with E-state index in [4.69, 9.17) is 15.5 Å². The zero-order valence-corrected chi connectivity index (χ0v) is 15.6. The number of aliphatic imine (C=N–C) groups is 1. The molecule has 2 aliphatic heterocycles. The number of nitrogens with zero attached hydrogens (tertiary/aromatic N) is 2. The first kappa shape index (κ1) is 16.2. The molecule has 3 atom stereocenters. The van der Waals surface area contributed by atoms with Crippen molar-refractivity contribution < 1.29 is 4.74 Å². The van der Waals surface area contributed by atoms with E-state index < -0.39 is 0 Å². The predicted molar refractivity (Wildman–Crippen MR) is 98.5 cm³/mol. The van der Waals surface area contributed by atoms with Crippen LogP contribution in [0.5, 0.6) is 0 Å². The lowest BCUT2D eigenvalue weighted by atomic mass is 9.54. The van der Waals surface area contributed by atoms with E-state index in [0.717, 1.165) is 25.7 Å². The zero-order valence-electron chi connectivity index (χ0n) is 12.5. The molecule has 1 spiro atoms. The molecule has 120 valence electrons. The summed E-state index contributed by atoms with van der Waals surface area (Å²) in [6, 6.07) is 0.437. The Morgan fingerprint density at radius 2 is 1.95 bits per heavy atom. The van der Waals surface area contributed by atoms with Gasteiger partial charge in [0.1, 0.15) is 0 Å². The smallest absolute Gasteiger partial charge is 0.191 e. The maximum Gasteiger partial charge on any atom is 0.191 e. The van der Waals surface area contributed by atoms with Crippen molar-refractivity contribution in [3.8, 4) is 0 Å². The van der Waals surface area contributed by atoms with Crippen molar-refractivity contribution in [1.82, 2.24) is 4.90 Å².